The third-order valence-electron chi connectivity index (χ3n) is 2.59. The maximum Gasteiger partial charge on any atom is 0.296 e. The van der Waals surface area contributed by atoms with Crippen LogP contribution < -0.4 is 15.2 Å². The fourth-order valence-electron chi connectivity index (χ4n) is 1.74. The minimum absolute atomic E-state index is 0.195. The topological polar surface area (TPSA) is 114 Å². The van der Waals surface area contributed by atoms with E-state index in [0.717, 1.165) is 5.76 Å². The average molecular weight is 309 g/mol. The molecule has 21 heavy (non-hydrogen) atoms. The minimum Gasteiger partial charge on any atom is -0.469 e. The molecule has 0 unspecified atom stereocenters. The number of aryl methyl sites for hydroxylation is 1. The molecule has 0 fully saturated rings. The van der Waals surface area contributed by atoms with Gasteiger partial charge in [-0.15, -0.1) is 0 Å². The molecule has 0 atom stereocenters. The van der Waals surface area contributed by atoms with Crippen molar-refractivity contribution in [2.24, 2.45) is 5.14 Å². The van der Waals surface area contributed by atoms with Crippen LogP contribution in [0.1, 0.15) is 12.2 Å². The number of nitrogens with two attached hydrogens (primary N) is 1. The normalized spacial score (nSPS) is 11.1. The summed E-state index contributed by atoms with van der Waals surface area (Å²) < 4.78 is 29.1. The van der Waals surface area contributed by atoms with Gasteiger partial charge in [-0.05, 0) is 30.3 Å². The second kappa shape index (κ2) is 6.42. The highest BCUT2D eigenvalue weighted by molar-refractivity contribution is 7.90. The second-order valence-electron chi connectivity index (χ2n) is 4.36. The summed E-state index contributed by atoms with van der Waals surface area (Å²) in [5.41, 5.74) is 0.759. The van der Waals surface area contributed by atoms with Crippen molar-refractivity contribution in [1.29, 1.82) is 0 Å². The molecular weight excluding hydrogens is 294 g/mol. The molecule has 0 bridgehead atoms. The predicted molar refractivity (Wildman–Crippen MR) is 78.8 cm³/mol. The molecule has 2 rings (SSSR count). The number of hydrogen-bond acceptors (Lipinski definition) is 4. The van der Waals surface area contributed by atoms with Crippen LogP contribution in [0.25, 0.3) is 0 Å². The van der Waals surface area contributed by atoms with Crippen LogP contribution >= 0.6 is 0 Å². The Morgan fingerprint density at radius 1 is 1.19 bits per heavy atom. The van der Waals surface area contributed by atoms with Gasteiger partial charge in [-0.2, -0.15) is 8.42 Å². The molecule has 8 heteroatoms. The van der Waals surface area contributed by atoms with Crippen LogP contribution in [0.15, 0.2) is 47.1 Å². The molecule has 1 aromatic heterocycles. The summed E-state index contributed by atoms with van der Waals surface area (Å²) in [5.74, 6) is 0.536. The minimum atomic E-state index is -3.84. The highest BCUT2D eigenvalue weighted by atomic mass is 32.2. The first kappa shape index (κ1) is 15.1. The summed E-state index contributed by atoms with van der Waals surface area (Å²) in [5, 5.41) is 7.56. The first-order chi connectivity index (χ1) is 9.92. The van der Waals surface area contributed by atoms with E-state index in [2.05, 4.69) is 10.0 Å². The van der Waals surface area contributed by atoms with Gasteiger partial charge in [0, 0.05) is 18.5 Å². The molecular formula is C13H15N3O4S. The molecule has 1 aromatic carbocycles. The lowest BCUT2D eigenvalue weighted by Gasteiger charge is -2.08. The number of nitrogens with one attached hydrogen (secondary N) is 2. The summed E-state index contributed by atoms with van der Waals surface area (Å²) in [6.07, 6.45) is 2.31. The van der Waals surface area contributed by atoms with Gasteiger partial charge in [-0.3, -0.25) is 9.52 Å². The molecule has 4 N–H and O–H groups in total. The Morgan fingerprint density at radius 2 is 1.95 bits per heavy atom. The van der Waals surface area contributed by atoms with Gasteiger partial charge < -0.3 is 9.73 Å². The number of rotatable bonds is 6. The number of hydrogen-bond donors (Lipinski definition) is 3. The van der Waals surface area contributed by atoms with Crippen LogP contribution in [0.4, 0.5) is 11.4 Å². The van der Waals surface area contributed by atoms with Crippen LogP contribution in [0.2, 0.25) is 0 Å². The molecule has 7 nitrogen and oxygen atoms in total. The average Bonchev–Trinajstić information content (AvgIpc) is 2.87. The van der Waals surface area contributed by atoms with Gasteiger partial charge in [0.25, 0.3) is 10.2 Å². The smallest absolute Gasteiger partial charge is 0.296 e. The molecule has 2 aromatic rings. The third kappa shape index (κ3) is 5.28. The van der Waals surface area contributed by atoms with Crippen molar-refractivity contribution in [3.63, 3.8) is 0 Å². The maximum absolute atomic E-state index is 11.8. The lowest BCUT2D eigenvalue weighted by molar-refractivity contribution is -0.116. The number of carbonyl (C=O) groups is 1. The van der Waals surface area contributed by atoms with Gasteiger partial charge in [0.1, 0.15) is 5.76 Å². The quantitative estimate of drug-likeness (QED) is 0.749. The van der Waals surface area contributed by atoms with E-state index in [1.807, 2.05) is 0 Å². The van der Waals surface area contributed by atoms with Crippen molar-refractivity contribution in [3.8, 4) is 0 Å². The maximum atomic E-state index is 11.8. The van der Waals surface area contributed by atoms with Gasteiger partial charge in [0.15, 0.2) is 0 Å². The Balaban J connectivity index is 1.93. The first-order valence-corrected chi connectivity index (χ1v) is 7.70. The van der Waals surface area contributed by atoms with E-state index in [0.29, 0.717) is 12.1 Å². The standard InChI is InChI=1S/C13H15N3O4S/c14-21(18,19)16-11-4-1-3-10(9-11)15-13(17)7-6-12-5-2-8-20-12/h1-5,8-9,16H,6-7H2,(H,15,17)(H2,14,18,19). The van der Waals surface area contributed by atoms with Gasteiger partial charge in [-0.25, -0.2) is 5.14 Å². The fourth-order valence-corrected chi connectivity index (χ4v) is 2.20. The van der Waals surface area contributed by atoms with Crippen LogP contribution in [-0.2, 0) is 21.4 Å². The van der Waals surface area contributed by atoms with Gasteiger partial charge in [-0.1, -0.05) is 6.07 Å². The largest absolute Gasteiger partial charge is 0.469 e. The van der Waals surface area contributed by atoms with Crippen molar-refractivity contribution >= 4 is 27.5 Å². The molecule has 1 amide bonds. The highest BCUT2D eigenvalue weighted by Gasteiger charge is 2.07. The zero-order valence-corrected chi connectivity index (χ0v) is 11.9. The van der Waals surface area contributed by atoms with E-state index >= 15 is 0 Å². The molecule has 0 saturated carbocycles. The molecule has 0 saturated heterocycles. The molecule has 112 valence electrons. The molecule has 0 aliphatic carbocycles. The van der Waals surface area contributed by atoms with E-state index in [4.69, 9.17) is 9.56 Å². The zero-order valence-electron chi connectivity index (χ0n) is 11.1. The Bertz CT molecular complexity index is 711. The molecule has 0 aliphatic rings. The number of anilines is 2. The SMILES string of the molecule is NS(=O)(=O)Nc1cccc(NC(=O)CCc2ccco2)c1. The summed E-state index contributed by atoms with van der Waals surface area (Å²) in [4.78, 5) is 11.8. The Hall–Kier alpha value is -2.32. The first-order valence-electron chi connectivity index (χ1n) is 6.15. The Morgan fingerprint density at radius 3 is 2.62 bits per heavy atom. The number of benzene rings is 1. The summed E-state index contributed by atoms with van der Waals surface area (Å²) in [6, 6.07) is 9.83. The fraction of sp³-hybridized carbons (Fsp3) is 0.154. The van der Waals surface area contributed by atoms with E-state index in [9.17, 15) is 13.2 Å². The second-order valence-corrected chi connectivity index (χ2v) is 5.65. The van der Waals surface area contributed by atoms with Crippen molar-refractivity contribution in [2.45, 2.75) is 12.8 Å². The van der Waals surface area contributed by atoms with Crippen LogP contribution in [0.3, 0.4) is 0 Å². The lowest BCUT2D eigenvalue weighted by Crippen LogP contribution is -2.21. The predicted octanol–water partition coefficient (Wildman–Crippen LogP) is 1.47. The molecule has 0 radical (unpaired) electrons. The summed E-state index contributed by atoms with van der Waals surface area (Å²) in [6.45, 7) is 0. The number of amides is 1. The summed E-state index contributed by atoms with van der Waals surface area (Å²) >= 11 is 0. The Labute approximate surface area is 122 Å². The Kier molecular flexibility index (Phi) is 4.61. The van der Waals surface area contributed by atoms with Crippen LogP contribution in [-0.4, -0.2) is 14.3 Å². The molecule has 0 aliphatic heterocycles. The van der Waals surface area contributed by atoms with E-state index in [-0.39, 0.29) is 18.0 Å². The van der Waals surface area contributed by atoms with Gasteiger partial charge in [0.2, 0.25) is 5.91 Å². The molecule has 1 heterocycles. The highest BCUT2D eigenvalue weighted by Crippen LogP contribution is 2.16. The van der Waals surface area contributed by atoms with Crippen LogP contribution in [0, 0.1) is 0 Å². The van der Waals surface area contributed by atoms with E-state index in [1.54, 1.807) is 30.5 Å². The van der Waals surface area contributed by atoms with E-state index in [1.165, 1.54) is 12.1 Å². The van der Waals surface area contributed by atoms with Crippen molar-refractivity contribution < 1.29 is 17.6 Å². The monoisotopic (exact) mass is 309 g/mol. The van der Waals surface area contributed by atoms with E-state index < -0.39 is 10.2 Å². The van der Waals surface area contributed by atoms with Crippen molar-refractivity contribution in [1.82, 2.24) is 0 Å². The summed E-state index contributed by atoms with van der Waals surface area (Å²) in [7, 11) is -3.84. The number of carbonyl (C=O) groups excluding carboxylic acids is 1. The molecule has 0 spiro atoms. The third-order valence-corrected chi connectivity index (χ3v) is 3.11. The number of furan rings is 1. The van der Waals surface area contributed by atoms with Crippen LogP contribution in [0.5, 0.6) is 0 Å². The van der Waals surface area contributed by atoms with Gasteiger partial charge in [0.05, 0.1) is 12.0 Å². The van der Waals surface area contributed by atoms with Crippen molar-refractivity contribution in [2.75, 3.05) is 10.0 Å². The van der Waals surface area contributed by atoms with Gasteiger partial charge >= 0.3 is 0 Å². The van der Waals surface area contributed by atoms with Crippen molar-refractivity contribution in [3.05, 3.63) is 48.4 Å². The lowest BCUT2D eigenvalue weighted by atomic mass is 10.2. The zero-order chi connectivity index (χ0) is 15.3.